The Morgan fingerprint density at radius 1 is 1.24 bits per heavy atom. The molecule has 17 heavy (non-hydrogen) atoms. The third-order valence-electron chi connectivity index (χ3n) is 2.37. The van der Waals surface area contributed by atoms with Crippen LogP contribution < -0.4 is 20.9 Å². The van der Waals surface area contributed by atoms with Gasteiger partial charge in [0, 0.05) is 6.04 Å². The molecule has 1 aromatic rings. The van der Waals surface area contributed by atoms with E-state index in [1.54, 1.807) is 14.2 Å². The molecular formula is C11H18BrClN2O2. The van der Waals surface area contributed by atoms with Crippen molar-refractivity contribution in [2.45, 2.75) is 12.5 Å². The first kappa shape index (κ1) is 16.5. The van der Waals surface area contributed by atoms with Crippen molar-refractivity contribution in [3.63, 3.8) is 0 Å². The molecule has 0 bridgehead atoms. The second kappa shape index (κ2) is 7.76. The third-order valence-corrected chi connectivity index (χ3v) is 3.16. The lowest BCUT2D eigenvalue weighted by atomic mass is 10.0. The van der Waals surface area contributed by atoms with E-state index in [1.165, 1.54) is 0 Å². The number of methoxy groups -OCH3 is 2. The van der Waals surface area contributed by atoms with E-state index >= 15 is 0 Å². The molecule has 0 aliphatic heterocycles. The Balaban J connectivity index is 0.00000256. The largest absolute Gasteiger partial charge is 0.495 e. The Kier molecular flexibility index (Phi) is 7.54. The van der Waals surface area contributed by atoms with E-state index in [0.29, 0.717) is 18.0 Å². The summed E-state index contributed by atoms with van der Waals surface area (Å²) in [6.07, 6.45) is 0.730. The summed E-state index contributed by atoms with van der Waals surface area (Å²) in [5.74, 6) is 1.42. The summed E-state index contributed by atoms with van der Waals surface area (Å²) in [5.41, 5.74) is 12.4. The van der Waals surface area contributed by atoms with Crippen LogP contribution in [0, 0.1) is 0 Å². The van der Waals surface area contributed by atoms with E-state index in [2.05, 4.69) is 15.9 Å². The summed E-state index contributed by atoms with van der Waals surface area (Å²) in [6.45, 7) is 0.557. The Labute approximate surface area is 116 Å². The summed E-state index contributed by atoms with van der Waals surface area (Å²) < 4.78 is 11.3. The van der Waals surface area contributed by atoms with Gasteiger partial charge in [-0.25, -0.2) is 0 Å². The van der Waals surface area contributed by atoms with Gasteiger partial charge in [0.05, 0.1) is 14.2 Å². The number of nitrogens with two attached hydrogens (primary N) is 2. The molecule has 0 aromatic heterocycles. The second-order valence-electron chi connectivity index (χ2n) is 3.42. The van der Waals surface area contributed by atoms with Crippen LogP contribution in [-0.2, 0) is 0 Å². The molecule has 0 saturated carbocycles. The number of hydrogen-bond donors (Lipinski definition) is 2. The topological polar surface area (TPSA) is 70.5 Å². The molecule has 0 aliphatic rings. The summed E-state index contributed by atoms with van der Waals surface area (Å²) in [5, 5.41) is 0. The molecule has 0 spiro atoms. The fourth-order valence-electron chi connectivity index (χ4n) is 1.45. The highest BCUT2D eigenvalue weighted by atomic mass is 79.9. The van der Waals surface area contributed by atoms with E-state index in [-0.39, 0.29) is 18.4 Å². The van der Waals surface area contributed by atoms with Gasteiger partial charge in [0.15, 0.2) is 0 Å². The van der Waals surface area contributed by atoms with E-state index < -0.39 is 0 Å². The second-order valence-corrected chi connectivity index (χ2v) is 4.22. The van der Waals surface area contributed by atoms with Gasteiger partial charge in [-0.05, 0) is 46.6 Å². The lowest BCUT2D eigenvalue weighted by Gasteiger charge is -2.15. The van der Waals surface area contributed by atoms with Gasteiger partial charge in [-0.2, -0.15) is 0 Å². The van der Waals surface area contributed by atoms with Crippen molar-refractivity contribution in [3.05, 3.63) is 22.2 Å². The van der Waals surface area contributed by atoms with Crippen LogP contribution in [0.15, 0.2) is 16.6 Å². The van der Waals surface area contributed by atoms with Crippen LogP contribution in [0.5, 0.6) is 11.5 Å². The Morgan fingerprint density at radius 3 is 2.06 bits per heavy atom. The highest BCUT2D eigenvalue weighted by molar-refractivity contribution is 9.10. The number of halogens is 2. The molecule has 98 valence electrons. The van der Waals surface area contributed by atoms with Crippen molar-refractivity contribution in [2.24, 2.45) is 11.5 Å². The smallest absolute Gasteiger partial charge is 0.137 e. The summed E-state index contributed by atoms with van der Waals surface area (Å²) in [4.78, 5) is 0. The van der Waals surface area contributed by atoms with Gasteiger partial charge >= 0.3 is 0 Å². The van der Waals surface area contributed by atoms with Gasteiger partial charge in [0.25, 0.3) is 0 Å². The van der Waals surface area contributed by atoms with E-state index in [1.807, 2.05) is 12.1 Å². The van der Waals surface area contributed by atoms with Gasteiger partial charge in [-0.1, -0.05) is 0 Å². The molecule has 4 nitrogen and oxygen atoms in total. The molecule has 0 unspecified atom stereocenters. The van der Waals surface area contributed by atoms with Crippen LogP contribution in [0.4, 0.5) is 0 Å². The Morgan fingerprint density at radius 2 is 1.71 bits per heavy atom. The first-order valence-electron chi connectivity index (χ1n) is 5.01. The Bertz CT molecular complexity index is 338. The maximum Gasteiger partial charge on any atom is 0.137 e. The maximum absolute atomic E-state index is 6.00. The molecule has 0 radical (unpaired) electrons. The zero-order valence-electron chi connectivity index (χ0n) is 9.90. The fourth-order valence-corrected chi connectivity index (χ4v) is 2.00. The molecule has 0 aliphatic carbocycles. The van der Waals surface area contributed by atoms with Crippen LogP contribution >= 0.6 is 28.3 Å². The van der Waals surface area contributed by atoms with Crippen molar-refractivity contribution in [1.82, 2.24) is 0 Å². The zero-order valence-corrected chi connectivity index (χ0v) is 12.3. The SMILES string of the molecule is COc1cc([C@H](N)CCN)cc(OC)c1Br.Cl. The molecular weight excluding hydrogens is 307 g/mol. The predicted molar refractivity (Wildman–Crippen MR) is 75.1 cm³/mol. The van der Waals surface area contributed by atoms with Crippen LogP contribution in [0.1, 0.15) is 18.0 Å². The number of hydrogen-bond acceptors (Lipinski definition) is 4. The number of benzene rings is 1. The highest BCUT2D eigenvalue weighted by Gasteiger charge is 2.13. The predicted octanol–water partition coefficient (Wildman–Crippen LogP) is 2.24. The number of ether oxygens (including phenoxy) is 2. The molecule has 0 saturated heterocycles. The first-order chi connectivity index (χ1) is 7.63. The summed E-state index contributed by atoms with van der Waals surface area (Å²) in [6, 6.07) is 3.70. The van der Waals surface area contributed by atoms with Crippen molar-refractivity contribution < 1.29 is 9.47 Å². The van der Waals surface area contributed by atoms with Crippen LogP contribution in [0.25, 0.3) is 0 Å². The van der Waals surface area contributed by atoms with Gasteiger partial charge in [0.2, 0.25) is 0 Å². The normalized spacial score (nSPS) is 11.6. The van der Waals surface area contributed by atoms with Crippen molar-refractivity contribution in [2.75, 3.05) is 20.8 Å². The fraction of sp³-hybridized carbons (Fsp3) is 0.455. The molecule has 0 fully saturated rings. The standard InChI is InChI=1S/C11H17BrN2O2.ClH/c1-15-9-5-7(8(14)3-4-13)6-10(16-2)11(9)12;/h5-6,8H,3-4,13-14H2,1-2H3;1H/t8-;/m1./s1. The maximum atomic E-state index is 6.00. The zero-order chi connectivity index (χ0) is 12.1. The van der Waals surface area contributed by atoms with Gasteiger partial charge in [0.1, 0.15) is 16.0 Å². The lowest BCUT2D eigenvalue weighted by Crippen LogP contribution is -2.15. The van der Waals surface area contributed by atoms with E-state index in [4.69, 9.17) is 20.9 Å². The molecule has 1 aromatic carbocycles. The van der Waals surface area contributed by atoms with Crippen molar-refractivity contribution >= 4 is 28.3 Å². The van der Waals surface area contributed by atoms with Gasteiger partial charge in [-0.15, -0.1) is 12.4 Å². The molecule has 4 N–H and O–H groups in total. The van der Waals surface area contributed by atoms with Crippen LogP contribution in [0.3, 0.4) is 0 Å². The van der Waals surface area contributed by atoms with Crippen LogP contribution in [0.2, 0.25) is 0 Å². The van der Waals surface area contributed by atoms with Crippen molar-refractivity contribution in [3.8, 4) is 11.5 Å². The highest BCUT2D eigenvalue weighted by Crippen LogP contribution is 2.37. The molecule has 1 rings (SSSR count). The minimum Gasteiger partial charge on any atom is -0.495 e. The first-order valence-corrected chi connectivity index (χ1v) is 5.80. The summed E-state index contributed by atoms with van der Waals surface area (Å²) in [7, 11) is 3.22. The minimum atomic E-state index is -0.0964. The quantitative estimate of drug-likeness (QED) is 0.871. The molecule has 1 atom stereocenters. The monoisotopic (exact) mass is 324 g/mol. The molecule has 6 heteroatoms. The number of rotatable bonds is 5. The average Bonchev–Trinajstić information content (AvgIpc) is 2.29. The van der Waals surface area contributed by atoms with E-state index in [0.717, 1.165) is 16.5 Å². The molecule has 0 amide bonds. The third kappa shape index (κ3) is 4.03. The average molecular weight is 326 g/mol. The molecule has 0 heterocycles. The van der Waals surface area contributed by atoms with E-state index in [9.17, 15) is 0 Å². The van der Waals surface area contributed by atoms with Gasteiger partial charge < -0.3 is 20.9 Å². The lowest BCUT2D eigenvalue weighted by molar-refractivity contribution is 0.387. The minimum absolute atomic E-state index is 0. The van der Waals surface area contributed by atoms with Crippen LogP contribution in [-0.4, -0.2) is 20.8 Å². The van der Waals surface area contributed by atoms with Gasteiger partial charge in [-0.3, -0.25) is 0 Å². The van der Waals surface area contributed by atoms with Crippen molar-refractivity contribution in [1.29, 1.82) is 0 Å². The Hall–Kier alpha value is -0.490. The summed E-state index contributed by atoms with van der Waals surface area (Å²) >= 11 is 3.41.